The largest absolute Gasteiger partial charge is 0.347 e. The third kappa shape index (κ3) is 2.47. The summed E-state index contributed by atoms with van der Waals surface area (Å²) in [5, 5.41) is 0.195. The Hall–Kier alpha value is -1.20. The van der Waals surface area contributed by atoms with E-state index in [0.29, 0.717) is 19.6 Å². The van der Waals surface area contributed by atoms with E-state index in [1.165, 1.54) is 4.90 Å². The lowest BCUT2D eigenvalue weighted by Gasteiger charge is -2.31. The van der Waals surface area contributed by atoms with Crippen molar-refractivity contribution in [1.82, 2.24) is 4.90 Å². The van der Waals surface area contributed by atoms with E-state index < -0.39 is 5.72 Å². The van der Waals surface area contributed by atoms with Gasteiger partial charge in [0.25, 0.3) is 0 Å². The number of alkyl halides is 1. The number of carbonyl (C=O) groups is 2. The van der Waals surface area contributed by atoms with Crippen molar-refractivity contribution in [3.63, 3.8) is 0 Å². The maximum Gasteiger partial charge on any atom is 0.235 e. The highest BCUT2D eigenvalue weighted by molar-refractivity contribution is 9.09. The first-order valence-electron chi connectivity index (χ1n) is 5.72. The molecule has 96 valence electrons. The first-order chi connectivity index (χ1) is 8.72. The predicted molar refractivity (Wildman–Crippen MR) is 70.4 cm³/mol. The van der Waals surface area contributed by atoms with Gasteiger partial charge in [-0.3, -0.25) is 9.59 Å². The number of ether oxygens (including phenoxy) is 1. The van der Waals surface area contributed by atoms with Gasteiger partial charge in [-0.2, -0.15) is 0 Å². The second-order valence-corrected chi connectivity index (χ2v) is 4.71. The van der Waals surface area contributed by atoms with E-state index in [1.54, 1.807) is 0 Å². The van der Waals surface area contributed by atoms with Gasteiger partial charge in [-0.25, -0.2) is 0 Å². The number of carbonyl (C=O) groups excluding carboxylic acids is 2. The van der Waals surface area contributed by atoms with Gasteiger partial charge in [-0.1, -0.05) is 46.3 Å². The Morgan fingerprint density at radius 1 is 1.44 bits per heavy atom. The second kappa shape index (κ2) is 5.63. The van der Waals surface area contributed by atoms with Crippen molar-refractivity contribution in [1.29, 1.82) is 0 Å². The fraction of sp³-hybridized carbons (Fsp3) is 0.385. The minimum Gasteiger partial charge on any atom is -0.347 e. The molecule has 1 amide bonds. The smallest absolute Gasteiger partial charge is 0.235 e. The lowest BCUT2D eigenvalue weighted by atomic mass is 10.0. The van der Waals surface area contributed by atoms with Crippen LogP contribution in [-0.4, -0.2) is 41.3 Å². The number of halogens is 1. The van der Waals surface area contributed by atoms with Crippen molar-refractivity contribution in [3.05, 3.63) is 35.9 Å². The van der Waals surface area contributed by atoms with Gasteiger partial charge in [0.05, 0.1) is 11.9 Å². The fourth-order valence-electron chi connectivity index (χ4n) is 2.16. The molecule has 4 nitrogen and oxygen atoms in total. The van der Waals surface area contributed by atoms with Gasteiger partial charge in [0.1, 0.15) is 0 Å². The maximum atomic E-state index is 11.8. The Labute approximate surface area is 114 Å². The minimum atomic E-state index is -1.15. The molecule has 0 bridgehead atoms. The average molecular weight is 312 g/mol. The van der Waals surface area contributed by atoms with Gasteiger partial charge >= 0.3 is 0 Å². The zero-order valence-electron chi connectivity index (χ0n) is 9.84. The van der Waals surface area contributed by atoms with Crippen molar-refractivity contribution >= 4 is 28.1 Å². The molecule has 18 heavy (non-hydrogen) atoms. The van der Waals surface area contributed by atoms with Crippen molar-refractivity contribution in [2.75, 3.05) is 18.5 Å². The van der Waals surface area contributed by atoms with Crippen molar-refractivity contribution < 1.29 is 14.3 Å². The summed E-state index contributed by atoms with van der Waals surface area (Å²) in [5.41, 5.74) is -0.175. The number of hydrogen-bond acceptors (Lipinski definition) is 3. The normalized spacial score (nSPS) is 23.1. The zero-order chi connectivity index (χ0) is 13.0. The predicted octanol–water partition coefficient (Wildman–Crippen LogP) is 1.38. The Kier molecular flexibility index (Phi) is 4.14. The Bertz CT molecular complexity index is 437. The molecular formula is C13H14BrNO3. The molecule has 1 aliphatic rings. The van der Waals surface area contributed by atoms with Crippen LogP contribution in [0.3, 0.4) is 0 Å². The molecule has 0 spiro atoms. The molecule has 1 aromatic carbocycles. The molecule has 1 unspecified atom stereocenters. The van der Waals surface area contributed by atoms with Gasteiger partial charge < -0.3 is 9.64 Å². The standard InChI is InChI=1S/C13H14BrNO3/c14-9-12(17)15-6-7-18-13(15,10-16)8-11-4-2-1-3-5-11/h1-5,10H,6-9H2. The average Bonchev–Trinajstić information content (AvgIpc) is 2.83. The number of hydrogen-bond donors (Lipinski definition) is 0. The summed E-state index contributed by atoms with van der Waals surface area (Å²) in [6, 6.07) is 9.56. The lowest BCUT2D eigenvalue weighted by molar-refractivity contribution is -0.154. The van der Waals surface area contributed by atoms with Gasteiger partial charge in [0, 0.05) is 13.0 Å². The molecule has 2 rings (SSSR count). The quantitative estimate of drug-likeness (QED) is 0.623. The highest BCUT2D eigenvalue weighted by Gasteiger charge is 2.44. The molecule has 1 aliphatic heterocycles. The molecule has 1 saturated heterocycles. The summed E-state index contributed by atoms with van der Waals surface area (Å²) in [4.78, 5) is 24.8. The van der Waals surface area contributed by atoms with E-state index in [9.17, 15) is 9.59 Å². The van der Waals surface area contributed by atoms with Crippen LogP contribution in [0.4, 0.5) is 0 Å². The molecule has 0 radical (unpaired) electrons. The van der Waals surface area contributed by atoms with E-state index in [4.69, 9.17) is 4.74 Å². The summed E-state index contributed by atoms with van der Waals surface area (Å²) < 4.78 is 5.55. The zero-order valence-corrected chi connectivity index (χ0v) is 11.4. The number of nitrogens with zero attached hydrogens (tertiary/aromatic N) is 1. The minimum absolute atomic E-state index is 0.129. The molecule has 0 N–H and O–H groups in total. The Balaban J connectivity index is 2.24. The van der Waals surface area contributed by atoms with E-state index in [2.05, 4.69) is 15.9 Å². The van der Waals surface area contributed by atoms with Gasteiger partial charge in [-0.05, 0) is 5.56 Å². The van der Waals surface area contributed by atoms with Crippen LogP contribution in [0.1, 0.15) is 5.56 Å². The first-order valence-corrected chi connectivity index (χ1v) is 6.84. The fourth-order valence-corrected chi connectivity index (χ4v) is 2.47. The van der Waals surface area contributed by atoms with E-state index >= 15 is 0 Å². The second-order valence-electron chi connectivity index (χ2n) is 4.15. The molecule has 1 aromatic rings. The highest BCUT2D eigenvalue weighted by Crippen LogP contribution is 2.26. The third-order valence-electron chi connectivity index (χ3n) is 3.02. The molecule has 1 fully saturated rings. The number of aldehydes is 1. The molecule has 0 saturated carbocycles. The summed E-state index contributed by atoms with van der Waals surface area (Å²) in [6.45, 7) is 0.848. The molecule has 1 atom stereocenters. The molecule has 5 heteroatoms. The van der Waals surface area contributed by atoms with Crippen LogP contribution in [0.25, 0.3) is 0 Å². The Morgan fingerprint density at radius 3 is 2.78 bits per heavy atom. The van der Waals surface area contributed by atoms with Crippen LogP contribution in [0.5, 0.6) is 0 Å². The van der Waals surface area contributed by atoms with Crippen molar-refractivity contribution in [2.45, 2.75) is 12.1 Å². The number of amides is 1. The topological polar surface area (TPSA) is 46.6 Å². The molecule has 1 heterocycles. The lowest BCUT2D eigenvalue weighted by Crippen LogP contribution is -2.51. The molecular weight excluding hydrogens is 298 g/mol. The van der Waals surface area contributed by atoms with Gasteiger partial charge in [0.2, 0.25) is 11.6 Å². The maximum absolute atomic E-state index is 11.8. The van der Waals surface area contributed by atoms with Crippen LogP contribution >= 0.6 is 15.9 Å². The van der Waals surface area contributed by atoms with E-state index in [1.807, 2.05) is 30.3 Å². The summed E-state index contributed by atoms with van der Waals surface area (Å²) in [7, 11) is 0. The van der Waals surface area contributed by atoms with Gasteiger partial charge in [0.15, 0.2) is 6.29 Å². The van der Waals surface area contributed by atoms with Crippen molar-refractivity contribution in [3.8, 4) is 0 Å². The van der Waals surface area contributed by atoms with Gasteiger partial charge in [-0.15, -0.1) is 0 Å². The first kappa shape index (κ1) is 13.2. The van der Waals surface area contributed by atoms with E-state index in [-0.39, 0.29) is 11.2 Å². The molecule has 0 aliphatic carbocycles. The van der Waals surface area contributed by atoms with Crippen LogP contribution in [0.15, 0.2) is 30.3 Å². The highest BCUT2D eigenvalue weighted by atomic mass is 79.9. The molecule has 0 aromatic heterocycles. The summed E-state index contributed by atoms with van der Waals surface area (Å²) in [5.74, 6) is -0.129. The number of benzene rings is 1. The third-order valence-corrected chi connectivity index (χ3v) is 3.50. The van der Waals surface area contributed by atoms with Crippen LogP contribution in [0, 0.1) is 0 Å². The van der Waals surface area contributed by atoms with Crippen LogP contribution in [-0.2, 0) is 20.7 Å². The van der Waals surface area contributed by atoms with Crippen LogP contribution < -0.4 is 0 Å². The summed E-state index contributed by atoms with van der Waals surface area (Å²) in [6.07, 6.45) is 1.11. The Morgan fingerprint density at radius 2 is 2.17 bits per heavy atom. The van der Waals surface area contributed by atoms with E-state index in [0.717, 1.165) is 11.8 Å². The number of rotatable bonds is 4. The summed E-state index contributed by atoms with van der Waals surface area (Å²) >= 11 is 3.13. The SMILES string of the molecule is O=CC1(Cc2ccccc2)OCCN1C(=O)CBr. The van der Waals surface area contributed by atoms with Crippen molar-refractivity contribution in [2.24, 2.45) is 0 Å². The van der Waals surface area contributed by atoms with Crippen LogP contribution in [0.2, 0.25) is 0 Å². The monoisotopic (exact) mass is 311 g/mol.